The Hall–Kier alpha value is 0.190. The molecule has 1 N–H and O–H groups in total. The van der Waals surface area contributed by atoms with Gasteiger partial charge in [-0.3, -0.25) is 0 Å². The molecule has 0 radical (unpaired) electrons. The van der Waals surface area contributed by atoms with Crippen molar-refractivity contribution in [1.82, 2.24) is 0 Å². The van der Waals surface area contributed by atoms with Gasteiger partial charge in [0.05, 0.1) is 21.3 Å². The molecule has 5 heteroatoms. The van der Waals surface area contributed by atoms with E-state index < -0.39 is 11.7 Å². The second-order valence-corrected chi connectivity index (χ2v) is 2.11. The standard InChI is InChI=1S/C3H9O3S.H2O/c1-4-7(5-2)6-3;/h1-3H3;1H2/q+1;/p-1. The lowest BCUT2D eigenvalue weighted by atomic mass is 11.8. The predicted octanol–water partition coefficient (Wildman–Crippen LogP) is 0.112. The largest absolute Gasteiger partial charge is 0.870 e. The summed E-state index contributed by atoms with van der Waals surface area (Å²) in [5.41, 5.74) is 0. The van der Waals surface area contributed by atoms with E-state index in [4.69, 9.17) is 0 Å². The predicted molar refractivity (Wildman–Crippen MR) is 30.3 cm³/mol. The summed E-state index contributed by atoms with van der Waals surface area (Å²) in [7, 11) is 4.57. The van der Waals surface area contributed by atoms with Crippen LogP contribution in [0.4, 0.5) is 0 Å². The van der Waals surface area contributed by atoms with Gasteiger partial charge >= 0.3 is 11.7 Å². The fourth-order valence-electron chi connectivity index (χ4n) is 0.204. The second-order valence-electron chi connectivity index (χ2n) is 0.704. The van der Waals surface area contributed by atoms with E-state index in [9.17, 15) is 0 Å². The molecule has 0 fully saturated rings. The minimum Gasteiger partial charge on any atom is -0.870 e. The van der Waals surface area contributed by atoms with E-state index in [1.165, 1.54) is 21.3 Å². The highest BCUT2D eigenvalue weighted by molar-refractivity contribution is 7.82. The molecule has 0 aromatic carbocycles. The lowest BCUT2D eigenvalue weighted by Crippen LogP contribution is -2.06. The molecular formula is C3H10O4S. The Kier molecular flexibility index (Phi) is 9.93. The van der Waals surface area contributed by atoms with Crippen LogP contribution in [0.2, 0.25) is 0 Å². The first kappa shape index (κ1) is 11.0. The summed E-state index contributed by atoms with van der Waals surface area (Å²) in [5, 5.41) is 0. The summed E-state index contributed by atoms with van der Waals surface area (Å²) in [4.78, 5) is 0. The molecular weight excluding hydrogens is 132 g/mol. The minimum absolute atomic E-state index is 0. The van der Waals surface area contributed by atoms with Crippen LogP contribution in [0.3, 0.4) is 0 Å². The maximum atomic E-state index is 4.63. The molecule has 52 valence electrons. The van der Waals surface area contributed by atoms with E-state index >= 15 is 0 Å². The Morgan fingerprint density at radius 1 is 0.875 bits per heavy atom. The molecule has 8 heavy (non-hydrogen) atoms. The third kappa shape index (κ3) is 4.35. The fraction of sp³-hybridized carbons (Fsp3) is 1.00. The Balaban J connectivity index is 0. The van der Waals surface area contributed by atoms with Crippen LogP contribution >= 0.6 is 0 Å². The molecule has 0 unspecified atom stereocenters. The smallest absolute Gasteiger partial charge is 0.507 e. The van der Waals surface area contributed by atoms with E-state index in [1.54, 1.807) is 0 Å². The van der Waals surface area contributed by atoms with Gasteiger partial charge in [0.25, 0.3) is 0 Å². The van der Waals surface area contributed by atoms with Gasteiger partial charge in [-0.2, -0.15) is 0 Å². The molecule has 0 amide bonds. The van der Waals surface area contributed by atoms with Crippen LogP contribution in [0.1, 0.15) is 0 Å². The number of hydrogen-bond acceptors (Lipinski definition) is 4. The van der Waals surface area contributed by atoms with E-state index in [0.717, 1.165) is 0 Å². The van der Waals surface area contributed by atoms with E-state index in [1.807, 2.05) is 0 Å². The van der Waals surface area contributed by atoms with E-state index in [-0.39, 0.29) is 5.48 Å². The van der Waals surface area contributed by atoms with Gasteiger partial charge in [0.2, 0.25) is 0 Å². The molecule has 0 heterocycles. The fourth-order valence-corrected chi connectivity index (χ4v) is 0.612. The highest BCUT2D eigenvalue weighted by Crippen LogP contribution is 1.94. The van der Waals surface area contributed by atoms with Gasteiger partial charge in [-0.15, -0.1) is 12.5 Å². The first-order valence-electron chi connectivity index (χ1n) is 1.72. The van der Waals surface area contributed by atoms with Gasteiger partial charge in [0.1, 0.15) is 0 Å². The van der Waals surface area contributed by atoms with Crippen LogP contribution in [-0.2, 0) is 24.3 Å². The average molecular weight is 142 g/mol. The van der Waals surface area contributed by atoms with Crippen LogP contribution < -0.4 is 0 Å². The van der Waals surface area contributed by atoms with Crippen LogP contribution in [0.15, 0.2) is 0 Å². The van der Waals surface area contributed by atoms with Crippen LogP contribution in [0.5, 0.6) is 0 Å². The summed E-state index contributed by atoms with van der Waals surface area (Å²) in [6, 6.07) is 0. The van der Waals surface area contributed by atoms with Crippen molar-refractivity contribution in [3.05, 3.63) is 0 Å². The molecule has 0 saturated carbocycles. The van der Waals surface area contributed by atoms with Crippen molar-refractivity contribution in [3.8, 4) is 0 Å². The maximum Gasteiger partial charge on any atom is 0.507 e. The van der Waals surface area contributed by atoms with Gasteiger partial charge in [-0.25, -0.2) is 0 Å². The molecule has 0 saturated heterocycles. The van der Waals surface area contributed by atoms with Gasteiger partial charge < -0.3 is 5.48 Å². The van der Waals surface area contributed by atoms with Crippen molar-refractivity contribution in [3.63, 3.8) is 0 Å². The van der Waals surface area contributed by atoms with Crippen LogP contribution in [0.25, 0.3) is 0 Å². The zero-order chi connectivity index (χ0) is 5.70. The summed E-state index contributed by atoms with van der Waals surface area (Å²) in [5.74, 6) is 0. The number of hydrogen-bond donors (Lipinski definition) is 0. The summed E-state index contributed by atoms with van der Waals surface area (Å²) >= 11 is -0.745. The van der Waals surface area contributed by atoms with Crippen molar-refractivity contribution in [1.29, 1.82) is 0 Å². The first-order valence-corrected chi connectivity index (χ1v) is 2.72. The molecule has 0 aliphatic carbocycles. The SMILES string of the molecule is CO[S+](OC)OC.[OH-]. The molecule has 0 atom stereocenters. The third-order valence-electron chi connectivity index (χ3n) is 0.408. The molecule has 0 spiro atoms. The molecule has 0 rings (SSSR count). The molecule has 0 aromatic heterocycles. The van der Waals surface area contributed by atoms with Gasteiger partial charge in [-0.1, -0.05) is 0 Å². The Morgan fingerprint density at radius 2 is 1.12 bits per heavy atom. The topological polar surface area (TPSA) is 57.7 Å². The van der Waals surface area contributed by atoms with Crippen molar-refractivity contribution < 1.29 is 18.0 Å². The second kappa shape index (κ2) is 7.19. The zero-order valence-corrected chi connectivity index (χ0v) is 5.90. The third-order valence-corrected chi connectivity index (χ3v) is 1.22. The van der Waals surface area contributed by atoms with Crippen LogP contribution in [-0.4, -0.2) is 26.8 Å². The zero-order valence-electron chi connectivity index (χ0n) is 5.08. The minimum atomic E-state index is -0.745. The lowest BCUT2D eigenvalue weighted by molar-refractivity contribution is 0.262. The Bertz CT molecular complexity index is 32.8. The molecule has 0 bridgehead atoms. The van der Waals surface area contributed by atoms with Crippen molar-refractivity contribution in [2.75, 3.05) is 21.3 Å². The molecule has 0 aliphatic heterocycles. The van der Waals surface area contributed by atoms with E-state index in [0.29, 0.717) is 0 Å². The highest BCUT2D eigenvalue weighted by atomic mass is 32.3. The average Bonchev–Trinajstić information content (AvgIpc) is 1.72. The quantitative estimate of drug-likeness (QED) is 0.525. The normalized spacial score (nSPS) is 9.00. The highest BCUT2D eigenvalue weighted by Gasteiger charge is 2.17. The summed E-state index contributed by atoms with van der Waals surface area (Å²) in [6.07, 6.45) is 0. The molecule has 0 aromatic rings. The first-order chi connectivity index (χ1) is 3.35. The van der Waals surface area contributed by atoms with E-state index in [2.05, 4.69) is 12.5 Å². The Morgan fingerprint density at radius 3 is 1.12 bits per heavy atom. The van der Waals surface area contributed by atoms with Gasteiger partial charge in [0, 0.05) is 0 Å². The van der Waals surface area contributed by atoms with Crippen LogP contribution in [0, 0.1) is 0 Å². The lowest BCUT2D eigenvalue weighted by Gasteiger charge is -1.88. The van der Waals surface area contributed by atoms with Crippen molar-refractivity contribution in [2.45, 2.75) is 0 Å². The van der Waals surface area contributed by atoms with Crippen molar-refractivity contribution in [2.24, 2.45) is 0 Å². The molecule has 4 nitrogen and oxygen atoms in total. The number of rotatable bonds is 3. The van der Waals surface area contributed by atoms with Crippen molar-refractivity contribution >= 4 is 11.7 Å². The Labute approximate surface area is 52.0 Å². The van der Waals surface area contributed by atoms with Gasteiger partial charge in [-0.05, 0) is 0 Å². The monoisotopic (exact) mass is 142 g/mol. The summed E-state index contributed by atoms with van der Waals surface area (Å²) < 4.78 is 13.9. The maximum absolute atomic E-state index is 4.63. The summed E-state index contributed by atoms with van der Waals surface area (Å²) in [6.45, 7) is 0. The van der Waals surface area contributed by atoms with Gasteiger partial charge in [0.15, 0.2) is 0 Å². The molecule has 0 aliphatic rings.